The quantitative estimate of drug-likeness (QED) is 0.877. The van der Waals surface area contributed by atoms with Crippen LogP contribution in [-0.4, -0.2) is 6.04 Å². The number of fused-ring (bicyclic) bond motifs is 1. The van der Waals surface area contributed by atoms with Gasteiger partial charge in [0.1, 0.15) is 11.5 Å². The highest BCUT2D eigenvalue weighted by molar-refractivity contribution is 9.10. The van der Waals surface area contributed by atoms with Crippen molar-refractivity contribution in [1.29, 1.82) is 0 Å². The van der Waals surface area contributed by atoms with Crippen molar-refractivity contribution in [2.75, 3.05) is 0 Å². The van der Waals surface area contributed by atoms with Crippen LogP contribution in [0, 0.1) is 0 Å². The molecular weight excluding hydrogens is 326 g/mol. The van der Waals surface area contributed by atoms with Crippen LogP contribution in [0.25, 0.3) is 0 Å². The van der Waals surface area contributed by atoms with Gasteiger partial charge in [0.15, 0.2) is 0 Å². The fraction of sp³-hybridized carbons (Fsp3) is 0.333. The van der Waals surface area contributed by atoms with Crippen LogP contribution in [0.4, 0.5) is 0 Å². The average Bonchev–Trinajstić information content (AvgIpc) is 2.88. The normalized spacial score (nSPS) is 14.8. The summed E-state index contributed by atoms with van der Waals surface area (Å²) in [5.74, 6) is 1.82. The van der Waals surface area contributed by atoms with Crippen LogP contribution in [0.1, 0.15) is 30.0 Å². The van der Waals surface area contributed by atoms with Crippen molar-refractivity contribution < 1.29 is 4.74 Å². The molecule has 2 aromatic rings. The topological polar surface area (TPSA) is 35.2 Å². The van der Waals surface area contributed by atoms with E-state index in [0.717, 1.165) is 28.0 Å². The van der Waals surface area contributed by atoms with Crippen molar-refractivity contribution >= 4 is 15.9 Å². The van der Waals surface area contributed by atoms with Gasteiger partial charge in [-0.2, -0.15) is 0 Å². The van der Waals surface area contributed by atoms with Crippen molar-refractivity contribution in [3.8, 4) is 11.5 Å². The summed E-state index contributed by atoms with van der Waals surface area (Å²) in [6.45, 7) is 2.01. The third-order valence-corrected chi connectivity index (χ3v) is 4.36. The summed E-state index contributed by atoms with van der Waals surface area (Å²) >= 11 is 3.52. The highest BCUT2D eigenvalue weighted by atomic mass is 79.9. The summed E-state index contributed by atoms with van der Waals surface area (Å²) in [6.07, 6.45) is 4.43. The predicted octanol–water partition coefficient (Wildman–Crippen LogP) is 4.62. The Bertz CT molecular complexity index is 652. The van der Waals surface area contributed by atoms with Crippen LogP contribution < -0.4 is 10.5 Å². The number of hydrogen-bond donors (Lipinski definition) is 1. The van der Waals surface area contributed by atoms with E-state index >= 15 is 0 Å². The third-order valence-electron chi connectivity index (χ3n) is 3.86. The second-order valence-corrected chi connectivity index (χ2v) is 6.74. The molecule has 1 aliphatic rings. The van der Waals surface area contributed by atoms with Crippen molar-refractivity contribution in [3.05, 3.63) is 57.6 Å². The van der Waals surface area contributed by atoms with Gasteiger partial charge in [-0.1, -0.05) is 22.0 Å². The van der Waals surface area contributed by atoms with Crippen molar-refractivity contribution in [1.82, 2.24) is 0 Å². The molecule has 21 heavy (non-hydrogen) atoms. The molecule has 0 aromatic heterocycles. The Morgan fingerprint density at radius 3 is 2.76 bits per heavy atom. The van der Waals surface area contributed by atoms with Gasteiger partial charge in [-0.25, -0.2) is 0 Å². The highest BCUT2D eigenvalue weighted by Crippen LogP contribution is 2.32. The lowest BCUT2D eigenvalue weighted by Gasteiger charge is -2.14. The Morgan fingerprint density at radius 1 is 1.14 bits per heavy atom. The molecule has 0 spiro atoms. The van der Waals surface area contributed by atoms with E-state index in [9.17, 15) is 0 Å². The van der Waals surface area contributed by atoms with E-state index in [1.165, 1.54) is 30.4 Å². The molecule has 0 saturated heterocycles. The molecule has 1 atom stereocenters. The predicted molar refractivity (Wildman–Crippen MR) is 90.0 cm³/mol. The molecule has 0 radical (unpaired) electrons. The molecule has 0 saturated carbocycles. The average molecular weight is 346 g/mol. The van der Waals surface area contributed by atoms with Crippen LogP contribution >= 0.6 is 15.9 Å². The SMILES string of the molecule is CC(N)Cc1cc(Br)ccc1Oc1ccc2c(c1)CCC2. The maximum atomic E-state index is 6.11. The molecule has 0 aliphatic heterocycles. The Hall–Kier alpha value is -1.32. The van der Waals surface area contributed by atoms with Crippen LogP contribution in [0.5, 0.6) is 11.5 Å². The number of aryl methyl sites for hydroxylation is 2. The van der Waals surface area contributed by atoms with E-state index < -0.39 is 0 Å². The van der Waals surface area contributed by atoms with Crippen LogP contribution in [0.3, 0.4) is 0 Å². The molecule has 0 bridgehead atoms. The van der Waals surface area contributed by atoms with E-state index in [2.05, 4.69) is 40.2 Å². The van der Waals surface area contributed by atoms with E-state index in [-0.39, 0.29) is 6.04 Å². The van der Waals surface area contributed by atoms with Gasteiger partial charge in [-0.15, -0.1) is 0 Å². The fourth-order valence-corrected chi connectivity index (χ4v) is 3.30. The molecule has 2 aromatic carbocycles. The van der Waals surface area contributed by atoms with Crippen molar-refractivity contribution in [2.45, 2.75) is 38.6 Å². The second kappa shape index (κ2) is 6.20. The minimum Gasteiger partial charge on any atom is -0.457 e. The van der Waals surface area contributed by atoms with Crippen LogP contribution in [0.15, 0.2) is 40.9 Å². The molecule has 2 N–H and O–H groups in total. The molecule has 3 heteroatoms. The minimum atomic E-state index is 0.113. The zero-order valence-corrected chi connectivity index (χ0v) is 13.8. The summed E-state index contributed by atoms with van der Waals surface area (Å²) in [6, 6.07) is 12.7. The van der Waals surface area contributed by atoms with Gasteiger partial charge >= 0.3 is 0 Å². The number of ether oxygens (including phenoxy) is 1. The molecule has 3 rings (SSSR count). The van der Waals surface area contributed by atoms with E-state index in [4.69, 9.17) is 10.5 Å². The summed E-state index contributed by atoms with van der Waals surface area (Å²) in [5.41, 5.74) is 9.97. The number of hydrogen-bond acceptors (Lipinski definition) is 2. The first-order valence-corrected chi connectivity index (χ1v) is 8.25. The number of nitrogens with two attached hydrogens (primary N) is 1. The lowest BCUT2D eigenvalue weighted by atomic mass is 10.1. The molecule has 2 nitrogen and oxygen atoms in total. The Labute approximate surface area is 134 Å². The van der Waals surface area contributed by atoms with E-state index in [1.54, 1.807) is 0 Å². The standard InChI is InChI=1S/C18H20BrNO/c1-12(20)9-15-10-16(19)6-8-18(15)21-17-7-5-13-3-2-4-14(13)11-17/h5-8,10-12H,2-4,9,20H2,1H3. The number of rotatable bonds is 4. The zero-order valence-electron chi connectivity index (χ0n) is 12.2. The monoisotopic (exact) mass is 345 g/mol. The largest absolute Gasteiger partial charge is 0.457 e. The van der Waals surface area contributed by atoms with Crippen molar-refractivity contribution in [2.24, 2.45) is 5.73 Å². The van der Waals surface area contributed by atoms with E-state index in [0.29, 0.717) is 0 Å². The molecule has 110 valence electrons. The summed E-state index contributed by atoms with van der Waals surface area (Å²) in [7, 11) is 0. The minimum absolute atomic E-state index is 0.113. The van der Waals surface area contributed by atoms with Gasteiger partial charge in [0.25, 0.3) is 0 Å². The number of benzene rings is 2. The first-order chi connectivity index (χ1) is 10.1. The third kappa shape index (κ3) is 3.47. The highest BCUT2D eigenvalue weighted by Gasteiger charge is 2.13. The lowest BCUT2D eigenvalue weighted by molar-refractivity contribution is 0.473. The summed E-state index contributed by atoms with van der Waals surface area (Å²) in [5, 5.41) is 0. The molecule has 1 aliphatic carbocycles. The smallest absolute Gasteiger partial charge is 0.130 e. The van der Waals surface area contributed by atoms with Gasteiger partial charge in [-0.3, -0.25) is 0 Å². The van der Waals surface area contributed by atoms with Gasteiger partial charge < -0.3 is 10.5 Å². The number of halogens is 1. The fourth-order valence-electron chi connectivity index (χ4n) is 2.89. The summed E-state index contributed by atoms with van der Waals surface area (Å²) < 4.78 is 7.17. The van der Waals surface area contributed by atoms with Gasteiger partial charge in [0.05, 0.1) is 0 Å². The van der Waals surface area contributed by atoms with Crippen molar-refractivity contribution in [3.63, 3.8) is 0 Å². The zero-order chi connectivity index (χ0) is 14.8. The molecule has 0 fully saturated rings. The Kier molecular flexibility index (Phi) is 4.32. The van der Waals surface area contributed by atoms with Gasteiger partial charge in [0.2, 0.25) is 0 Å². The maximum Gasteiger partial charge on any atom is 0.130 e. The van der Waals surface area contributed by atoms with Gasteiger partial charge in [-0.05, 0) is 79.6 Å². The van der Waals surface area contributed by atoms with Crippen LogP contribution in [-0.2, 0) is 19.3 Å². The summed E-state index contributed by atoms with van der Waals surface area (Å²) in [4.78, 5) is 0. The first-order valence-electron chi connectivity index (χ1n) is 7.45. The van der Waals surface area contributed by atoms with Crippen LogP contribution in [0.2, 0.25) is 0 Å². The van der Waals surface area contributed by atoms with Gasteiger partial charge in [0, 0.05) is 10.5 Å². The second-order valence-electron chi connectivity index (χ2n) is 5.82. The maximum absolute atomic E-state index is 6.11. The molecule has 0 amide bonds. The van der Waals surface area contributed by atoms with E-state index in [1.807, 2.05) is 19.1 Å². The Morgan fingerprint density at radius 2 is 1.95 bits per heavy atom. The molecule has 1 unspecified atom stereocenters. The Balaban J connectivity index is 1.87. The molecular formula is C18H20BrNO. The molecule has 0 heterocycles. The first kappa shape index (κ1) is 14.6. The lowest BCUT2D eigenvalue weighted by Crippen LogP contribution is -2.18.